The third-order valence-corrected chi connectivity index (χ3v) is 4.56. The molecule has 1 saturated carbocycles. The Bertz CT molecular complexity index is 477. The van der Waals surface area contributed by atoms with Gasteiger partial charge in [0.15, 0.2) is 0 Å². The molecule has 0 spiro atoms. The third-order valence-electron chi connectivity index (χ3n) is 4.56. The minimum atomic E-state index is -4.41. The van der Waals surface area contributed by atoms with Crippen LogP contribution < -0.4 is 0 Å². The zero-order chi connectivity index (χ0) is 15.7. The van der Waals surface area contributed by atoms with Crippen LogP contribution in [0.15, 0.2) is 24.3 Å². The van der Waals surface area contributed by atoms with Crippen LogP contribution in [0.2, 0.25) is 0 Å². The number of aliphatic hydroxyl groups excluding tert-OH is 1. The summed E-state index contributed by atoms with van der Waals surface area (Å²) >= 11 is 0. The molecule has 2 nitrogen and oxygen atoms in total. The van der Waals surface area contributed by atoms with Gasteiger partial charge in [-0.15, -0.1) is 0 Å². The number of aliphatic hydroxyl groups is 1. The van der Waals surface area contributed by atoms with Crippen molar-refractivity contribution in [2.45, 2.75) is 50.5 Å². The lowest BCUT2D eigenvalue weighted by molar-refractivity contribution is -0.139. The first-order valence-electron chi connectivity index (χ1n) is 7.19. The second-order valence-electron chi connectivity index (χ2n) is 5.98. The van der Waals surface area contributed by atoms with Gasteiger partial charge in [-0.1, -0.05) is 19.1 Å². The van der Waals surface area contributed by atoms with Gasteiger partial charge in [0, 0.05) is 7.11 Å². The van der Waals surface area contributed by atoms with Crippen molar-refractivity contribution in [2.75, 3.05) is 7.11 Å². The van der Waals surface area contributed by atoms with Crippen LogP contribution in [0.4, 0.5) is 13.2 Å². The zero-order valence-electron chi connectivity index (χ0n) is 12.3. The SMILES string of the molecule is COC1(C(O)c2cccc(C(F)(F)F)c2)CCC(C)CC1. The Balaban J connectivity index is 2.28. The molecule has 0 amide bonds. The first-order valence-corrected chi connectivity index (χ1v) is 7.19. The van der Waals surface area contributed by atoms with E-state index < -0.39 is 23.4 Å². The average Bonchev–Trinajstić information content (AvgIpc) is 2.47. The minimum absolute atomic E-state index is 0.265. The fourth-order valence-corrected chi connectivity index (χ4v) is 3.03. The van der Waals surface area contributed by atoms with E-state index in [9.17, 15) is 18.3 Å². The van der Waals surface area contributed by atoms with E-state index in [1.807, 2.05) is 0 Å². The van der Waals surface area contributed by atoms with E-state index in [0.29, 0.717) is 18.8 Å². The molecule has 21 heavy (non-hydrogen) atoms. The summed E-state index contributed by atoms with van der Waals surface area (Å²) in [5.74, 6) is 0.557. The summed E-state index contributed by atoms with van der Waals surface area (Å²) in [5, 5.41) is 10.6. The normalized spacial score (nSPS) is 28.4. The average molecular weight is 302 g/mol. The van der Waals surface area contributed by atoms with Crippen LogP contribution in [-0.4, -0.2) is 17.8 Å². The highest BCUT2D eigenvalue weighted by Gasteiger charge is 2.42. The van der Waals surface area contributed by atoms with Crippen LogP contribution in [0.1, 0.15) is 49.8 Å². The molecule has 1 N–H and O–H groups in total. The smallest absolute Gasteiger partial charge is 0.385 e. The van der Waals surface area contributed by atoms with Gasteiger partial charge in [0.05, 0.1) is 11.2 Å². The van der Waals surface area contributed by atoms with Gasteiger partial charge in [0.1, 0.15) is 6.10 Å². The van der Waals surface area contributed by atoms with Crippen LogP contribution in [0, 0.1) is 5.92 Å². The van der Waals surface area contributed by atoms with Crippen molar-refractivity contribution in [1.82, 2.24) is 0 Å². The molecule has 1 aliphatic rings. The molecule has 0 heterocycles. The summed E-state index contributed by atoms with van der Waals surface area (Å²) in [6.45, 7) is 2.14. The standard InChI is InChI=1S/C16H21F3O2/c1-11-6-8-15(21-2,9-7-11)14(20)12-4-3-5-13(10-12)16(17,18)19/h3-5,10-11,14,20H,6-9H2,1-2H3. The Morgan fingerprint density at radius 1 is 1.29 bits per heavy atom. The van der Waals surface area contributed by atoms with Crippen LogP contribution in [0.3, 0.4) is 0 Å². The van der Waals surface area contributed by atoms with Gasteiger partial charge >= 0.3 is 6.18 Å². The fourth-order valence-electron chi connectivity index (χ4n) is 3.03. The predicted molar refractivity (Wildman–Crippen MR) is 73.8 cm³/mol. The molecule has 5 heteroatoms. The summed E-state index contributed by atoms with van der Waals surface area (Å²) in [4.78, 5) is 0. The summed E-state index contributed by atoms with van der Waals surface area (Å²) in [6, 6.07) is 4.89. The first-order chi connectivity index (χ1) is 9.78. The Morgan fingerprint density at radius 2 is 1.90 bits per heavy atom. The van der Waals surface area contributed by atoms with Crippen LogP contribution >= 0.6 is 0 Å². The number of ether oxygens (including phenoxy) is 1. The van der Waals surface area contributed by atoms with E-state index in [4.69, 9.17) is 4.74 Å². The van der Waals surface area contributed by atoms with E-state index >= 15 is 0 Å². The Morgan fingerprint density at radius 3 is 2.43 bits per heavy atom. The van der Waals surface area contributed by atoms with Crippen LogP contribution in [0.25, 0.3) is 0 Å². The van der Waals surface area contributed by atoms with Crippen molar-refractivity contribution in [2.24, 2.45) is 5.92 Å². The number of rotatable bonds is 3. The van der Waals surface area contributed by atoms with Gasteiger partial charge in [0.25, 0.3) is 0 Å². The van der Waals surface area contributed by atoms with Gasteiger partial charge in [-0.05, 0) is 49.3 Å². The molecule has 118 valence electrons. The highest BCUT2D eigenvalue weighted by Crippen LogP contribution is 2.43. The number of benzene rings is 1. The summed E-state index contributed by atoms with van der Waals surface area (Å²) in [5.41, 5.74) is -1.26. The van der Waals surface area contributed by atoms with E-state index in [-0.39, 0.29) is 5.56 Å². The van der Waals surface area contributed by atoms with Gasteiger partial charge in [-0.25, -0.2) is 0 Å². The van der Waals surface area contributed by atoms with E-state index in [0.717, 1.165) is 25.0 Å². The van der Waals surface area contributed by atoms with Gasteiger partial charge in [-0.2, -0.15) is 13.2 Å². The Labute approximate surface area is 122 Å². The maximum atomic E-state index is 12.8. The molecular formula is C16H21F3O2. The predicted octanol–water partition coefficient (Wildman–Crippen LogP) is 4.33. The highest BCUT2D eigenvalue weighted by molar-refractivity contribution is 5.29. The molecule has 0 aliphatic heterocycles. The molecule has 0 saturated heterocycles. The minimum Gasteiger partial charge on any atom is -0.385 e. The van der Waals surface area contributed by atoms with E-state index in [1.54, 1.807) is 0 Å². The van der Waals surface area contributed by atoms with Gasteiger partial charge in [-0.3, -0.25) is 0 Å². The monoisotopic (exact) mass is 302 g/mol. The third kappa shape index (κ3) is 3.40. The Kier molecular flexibility index (Phi) is 4.63. The molecule has 1 atom stereocenters. The Hall–Kier alpha value is -1.07. The number of methoxy groups -OCH3 is 1. The van der Waals surface area contributed by atoms with Gasteiger partial charge < -0.3 is 9.84 Å². The molecule has 2 rings (SSSR count). The molecule has 1 aliphatic carbocycles. The molecule has 1 fully saturated rings. The molecule has 0 aromatic heterocycles. The lowest BCUT2D eigenvalue weighted by Gasteiger charge is -2.42. The molecule has 0 bridgehead atoms. The molecular weight excluding hydrogens is 281 g/mol. The van der Waals surface area contributed by atoms with Crippen molar-refractivity contribution in [1.29, 1.82) is 0 Å². The lowest BCUT2D eigenvalue weighted by atomic mass is 9.74. The lowest BCUT2D eigenvalue weighted by Crippen LogP contribution is -2.42. The molecule has 1 unspecified atom stereocenters. The quantitative estimate of drug-likeness (QED) is 0.900. The maximum absolute atomic E-state index is 12.8. The van der Waals surface area contributed by atoms with Gasteiger partial charge in [0.2, 0.25) is 0 Å². The van der Waals surface area contributed by atoms with Crippen molar-refractivity contribution < 1.29 is 23.0 Å². The second-order valence-corrected chi connectivity index (χ2v) is 5.98. The second kappa shape index (κ2) is 5.97. The topological polar surface area (TPSA) is 29.5 Å². The molecule has 0 radical (unpaired) electrons. The molecule has 1 aromatic rings. The highest BCUT2D eigenvalue weighted by atomic mass is 19.4. The molecule has 1 aromatic carbocycles. The van der Waals surface area contributed by atoms with E-state index in [1.165, 1.54) is 19.2 Å². The number of hydrogen-bond donors (Lipinski definition) is 1. The maximum Gasteiger partial charge on any atom is 0.416 e. The summed E-state index contributed by atoms with van der Waals surface area (Å²) < 4.78 is 43.9. The van der Waals surface area contributed by atoms with Crippen LogP contribution in [0.5, 0.6) is 0 Å². The number of halogens is 3. The van der Waals surface area contributed by atoms with Crippen molar-refractivity contribution in [3.8, 4) is 0 Å². The van der Waals surface area contributed by atoms with E-state index in [2.05, 4.69) is 6.92 Å². The largest absolute Gasteiger partial charge is 0.416 e. The number of hydrogen-bond acceptors (Lipinski definition) is 2. The van der Waals surface area contributed by atoms with Crippen molar-refractivity contribution in [3.63, 3.8) is 0 Å². The summed E-state index contributed by atoms with van der Waals surface area (Å²) in [6.07, 6.45) is -2.33. The zero-order valence-corrected chi connectivity index (χ0v) is 12.3. The van der Waals surface area contributed by atoms with Crippen molar-refractivity contribution in [3.05, 3.63) is 35.4 Å². The first kappa shape index (κ1) is 16.3. The van der Waals surface area contributed by atoms with Crippen LogP contribution in [-0.2, 0) is 10.9 Å². The number of alkyl halides is 3. The van der Waals surface area contributed by atoms with Crippen molar-refractivity contribution >= 4 is 0 Å². The summed E-state index contributed by atoms with van der Waals surface area (Å²) in [7, 11) is 1.52. The fraction of sp³-hybridized carbons (Fsp3) is 0.625.